The van der Waals surface area contributed by atoms with Gasteiger partial charge in [0.2, 0.25) is 0 Å². The molecule has 2 rings (SSSR count). The summed E-state index contributed by atoms with van der Waals surface area (Å²) in [6, 6.07) is 1.41. The average Bonchev–Trinajstić information content (AvgIpc) is 2.42. The Labute approximate surface area is 126 Å². The van der Waals surface area contributed by atoms with Gasteiger partial charge in [-0.2, -0.15) is 0 Å². The molecule has 2 heteroatoms. The largest absolute Gasteiger partial charge is 0.310 e. The zero-order valence-electron chi connectivity index (χ0n) is 14.5. The minimum Gasteiger partial charge on any atom is -0.310 e. The van der Waals surface area contributed by atoms with Gasteiger partial charge < -0.3 is 5.32 Å². The molecule has 1 aliphatic carbocycles. The van der Waals surface area contributed by atoms with Crippen molar-refractivity contribution in [2.45, 2.75) is 97.2 Å². The van der Waals surface area contributed by atoms with Crippen molar-refractivity contribution in [1.29, 1.82) is 0 Å². The molecule has 1 N–H and O–H groups in total. The highest BCUT2D eigenvalue weighted by atomic mass is 15.3. The molecule has 0 aromatic rings. The van der Waals surface area contributed by atoms with Gasteiger partial charge >= 0.3 is 0 Å². The fourth-order valence-electron chi connectivity index (χ4n) is 4.39. The Kier molecular flexibility index (Phi) is 5.18. The maximum atomic E-state index is 3.91. The fraction of sp³-hybridized carbons (Fsp3) is 1.00. The van der Waals surface area contributed by atoms with Crippen LogP contribution in [0.4, 0.5) is 0 Å². The van der Waals surface area contributed by atoms with E-state index in [2.05, 4.69) is 44.8 Å². The van der Waals surface area contributed by atoms with Gasteiger partial charge in [0.1, 0.15) is 0 Å². The van der Waals surface area contributed by atoms with Crippen molar-refractivity contribution in [2.24, 2.45) is 5.41 Å². The van der Waals surface area contributed by atoms with Gasteiger partial charge in [0.15, 0.2) is 0 Å². The Hall–Kier alpha value is -0.0800. The lowest BCUT2D eigenvalue weighted by atomic mass is 9.74. The van der Waals surface area contributed by atoms with Crippen LogP contribution in [0.15, 0.2) is 0 Å². The van der Waals surface area contributed by atoms with Gasteiger partial charge in [0, 0.05) is 30.7 Å². The number of nitrogens with one attached hydrogen (secondary N) is 1. The summed E-state index contributed by atoms with van der Waals surface area (Å²) < 4.78 is 0. The number of hydrogen-bond acceptors (Lipinski definition) is 2. The standard InChI is InChI=1S/C18H36N2/c1-6-15(7-2)20-13-16(17(3,4)5)19-14-18(20)11-9-8-10-12-18/h15-16,19H,6-14H2,1-5H3. The molecule has 1 heterocycles. The van der Waals surface area contributed by atoms with Crippen LogP contribution >= 0.6 is 0 Å². The topological polar surface area (TPSA) is 15.3 Å². The van der Waals surface area contributed by atoms with Crippen LogP contribution in [0.5, 0.6) is 0 Å². The predicted octanol–water partition coefficient (Wildman–Crippen LogP) is 4.20. The first-order valence-electron chi connectivity index (χ1n) is 8.93. The molecule has 1 unspecified atom stereocenters. The summed E-state index contributed by atoms with van der Waals surface area (Å²) in [6.45, 7) is 14.4. The Morgan fingerprint density at radius 2 is 1.70 bits per heavy atom. The van der Waals surface area contributed by atoms with Crippen molar-refractivity contribution >= 4 is 0 Å². The van der Waals surface area contributed by atoms with Crippen LogP contribution in [-0.4, -0.2) is 35.6 Å². The van der Waals surface area contributed by atoms with E-state index in [9.17, 15) is 0 Å². The highest BCUT2D eigenvalue weighted by Crippen LogP contribution is 2.39. The number of hydrogen-bond donors (Lipinski definition) is 1. The van der Waals surface area contributed by atoms with Gasteiger partial charge in [-0.15, -0.1) is 0 Å². The molecule has 118 valence electrons. The lowest BCUT2D eigenvalue weighted by molar-refractivity contribution is -0.0412. The molecule has 1 spiro atoms. The molecular weight excluding hydrogens is 244 g/mol. The summed E-state index contributed by atoms with van der Waals surface area (Å²) in [4.78, 5) is 2.93. The number of nitrogens with zero attached hydrogens (tertiary/aromatic N) is 1. The van der Waals surface area contributed by atoms with Crippen LogP contribution in [0.2, 0.25) is 0 Å². The Morgan fingerprint density at radius 3 is 2.20 bits per heavy atom. The average molecular weight is 280 g/mol. The van der Waals surface area contributed by atoms with E-state index in [1.54, 1.807) is 0 Å². The second-order valence-electron chi connectivity index (χ2n) is 8.21. The van der Waals surface area contributed by atoms with Crippen LogP contribution in [-0.2, 0) is 0 Å². The third-order valence-corrected chi connectivity index (χ3v) is 5.88. The number of piperazine rings is 1. The van der Waals surface area contributed by atoms with E-state index in [0.29, 0.717) is 17.0 Å². The van der Waals surface area contributed by atoms with Crippen LogP contribution in [0.3, 0.4) is 0 Å². The molecule has 0 aromatic heterocycles. The summed E-state index contributed by atoms with van der Waals surface area (Å²) >= 11 is 0. The third-order valence-electron chi connectivity index (χ3n) is 5.88. The molecule has 0 bridgehead atoms. The van der Waals surface area contributed by atoms with E-state index in [0.717, 1.165) is 6.04 Å². The van der Waals surface area contributed by atoms with Gasteiger partial charge in [0.25, 0.3) is 0 Å². The first-order valence-corrected chi connectivity index (χ1v) is 8.93. The molecule has 2 fully saturated rings. The monoisotopic (exact) mass is 280 g/mol. The van der Waals surface area contributed by atoms with Crippen LogP contribution < -0.4 is 5.32 Å². The molecule has 0 radical (unpaired) electrons. The molecule has 20 heavy (non-hydrogen) atoms. The van der Waals surface area contributed by atoms with Crippen molar-refractivity contribution in [2.75, 3.05) is 13.1 Å². The zero-order valence-corrected chi connectivity index (χ0v) is 14.5. The van der Waals surface area contributed by atoms with Gasteiger partial charge in [-0.05, 0) is 31.1 Å². The van der Waals surface area contributed by atoms with Gasteiger partial charge in [-0.25, -0.2) is 0 Å². The molecule has 1 atom stereocenters. The van der Waals surface area contributed by atoms with Crippen molar-refractivity contribution in [1.82, 2.24) is 10.2 Å². The number of rotatable bonds is 3. The summed E-state index contributed by atoms with van der Waals surface area (Å²) in [5.74, 6) is 0. The Balaban J connectivity index is 2.20. The lowest BCUT2D eigenvalue weighted by Crippen LogP contribution is -2.69. The minimum absolute atomic E-state index is 0.362. The SMILES string of the molecule is CCC(CC)N1CC(C(C)(C)C)NCC12CCCCC2. The molecule has 2 nitrogen and oxygen atoms in total. The predicted molar refractivity (Wildman–Crippen MR) is 88.1 cm³/mol. The maximum Gasteiger partial charge on any atom is 0.0337 e. The second kappa shape index (κ2) is 6.36. The van der Waals surface area contributed by atoms with E-state index in [1.165, 1.54) is 58.0 Å². The van der Waals surface area contributed by atoms with Gasteiger partial charge in [0.05, 0.1) is 0 Å². The first kappa shape index (κ1) is 16.3. The smallest absolute Gasteiger partial charge is 0.0337 e. The van der Waals surface area contributed by atoms with Gasteiger partial charge in [-0.1, -0.05) is 53.9 Å². The van der Waals surface area contributed by atoms with Crippen LogP contribution in [0.25, 0.3) is 0 Å². The van der Waals surface area contributed by atoms with Crippen molar-refractivity contribution < 1.29 is 0 Å². The highest BCUT2D eigenvalue weighted by molar-refractivity contribution is 5.04. The van der Waals surface area contributed by atoms with E-state index >= 15 is 0 Å². The highest BCUT2D eigenvalue weighted by Gasteiger charge is 2.46. The molecule has 1 saturated carbocycles. The molecule has 0 amide bonds. The first-order chi connectivity index (χ1) is 9.43. The normalized spacial score (nSPS) is 28.2. The summed E-state index contributed by atoms with van der Waals surface area (Å²) in [5, 5.41) is 3.91. The van der Waals surface area contributed by atoms with E-state index in [1.807, 2.05) is 0 Å². The quantitative estimate of drug-likeness (QED) is 0.833. The Morgan fingerprint density at radius 1 is 1.10 bits per heavy atom. The minimum atomic E-state index is 0.362. The van der Waals surface area contributed by atoms with Crippen molar-refractivity contribution in [3.05, 3.63) is 0 Å². The summed E-state index contributed by atoms with van der Waals surface area (Å²) in [6.07, 6.45) is 9.73. The van der Waals surface area contributed by atoms with Crippen molar-refractivity contribution in [3.8, 4) is 0 Å². The lowest BCUT2D eigenvalue weighted by Gasteiger charge is -2.56. The van der Waals surface area contributed by atoms with Crippen LogP contribution in [0.1, 0.15) is 79.6 Å². The molecule has 1 saturated heterocycles. The van der Waals surface area contributed by atoms with E-state index < -0.39 is 0 Å². The van der Waals surface area contributed by atoms with E-state index in [4.69, 9.17) is 0 Å². The third kappa shape index (κ3) is 3.22. The Bertz CT molecular complexity index is 295. The maximum absolute atomic E-state index is 3.91. The zero-order chi connectivity index (χ0) is 14.8. The summed E-state index contributed by atoms with van der Waals surface area (Å²) in [5.41, 5.74) is 0.831. The molecule has 2 aliphatic rings. The molecule has 0 aromatic carbocycles. The van der Waals surface area contributed by atoms with Gasteiger partial charge in [-0.3, -0.25) is 4.90 Å². The van der Waals surface area contributed by atoms with Crippen LogP contribution in [0, 0.1) is 5.41 Å². The van der Waals surface area contributed by atoms with Crippen molar-refractivity contribution in [3.63, 3.8) is 0 Å². The molecule has 1 aliphatic heterocycles. The van der Waals surface area contributed by atoms with E-state index in [-0.39, 0.29) is 0 Å². The fourth-order valence-corrected chi connectivity index (χ4v) is 4.39. The second-order valence-corrected chi connectivity index (χ2v) is 8.21. The summed E-state index contributed by atoms with van der Waals surface area (Å²) in [7, 11) is 0. The molecular formula is C18H36N2.